The highest BCUT2D eigenvalue weighted by Crippen LogP contribution is 2.01. The molecule has 1 aromatic heterocycles. The van der Waals surface area contributed by atoms with E-state index in [1.54, 1.807) is 31.2 Å². The molecule has 0 saturated heterocycles. The van der Waals surface area contributed by atoms with E-state index in [4.69, 9.17) is 10.2 Å². The van der Waals surface area contributed by atoms with E-state index in [1.807, 2.05) is 0 Å². The number of hydrogen-bond acceptors (Lipinski definition) is 4. The molecule has 1 aromatic rings. The molecule has 0 aromatic carbocycles. The summed E-state index contributed by atoms with van der Waals surface area (Å²) in [7, 11) is 3.34. The van der Waals surface area contributed by atoms with Gasteiger partial charge < -0.3 is 20.4 Å². The third-order valence-electron chi connectivity index (χ3n) is 2.26. The second-order valence-corrected chi connectivity index (χ2v) is 3.92. The predicted octanol–water partition coefficient (Wildman–Crippen LogP) is -0.993. The first kappa shape index (κ1) is 14.0. The zero-order valence-electron chi connectivity index (χ0n) is 10.2. The first-order chi connectivity index (χ1) is 8.40. The highest BCUT2D eigenvalue weighted by molar-refractivity contribution is 5.76. The number of aromatic nitrogens is 2. The lowest BCUT2D eigenvalue weighted by molar-refractivity contribution is -0.146. The average Bonchev–Trinajstić information content (AvgIpc) is 2.70. The van der Waals surface area contributed by atoms with Gasteiger partial charge in [-0.25, -0.2) is 9.59 Å². The van der Waals surface area contributed by atoms with Crippen LogP contribution in [0.5, 0.6) is 0 Å². The van der Waals surface area contributed by atoms with Crippen molar-refractivity contribution in [1.29, 1.82) is 0 Å². The number of carboxylic acid groups (broad SMARTS) is 1. The molecule has 18 heavy (non-hydrogen) atoms. The highest BCUT2D eigenvalue weighted by Gasteiger charge is 2.16. The Labute approximate surface area is 104 Å². The fourth-order valence-corrected chi connectivity index (χ4v) is 1.31. The van der Waals surface area contributed by atoms with Crippen molar-refractivity contribution in [2.45, 2.75) is 12.6 Å². The number of rotatable bonds is 5. The van der Waals surface area contributed by atoms with Gasteiger partial charge >= 0.3 is 12.0 Å². The third-order valence-corrected chi connectivity index (χ3v) is 2.26. The molecule has 0 radical (unpaired) electrons. The van der Waals surface area contributed by atoms with Gasteiger partial charge in [-0.2, -0.15) is 5.10 Å². The van der Waals surface area contributed by atoms with Crippen molar-refractivity contribution in [3.8, 4) is 0 Å². The average molecular weight is 256 g/mol. The largest absolute Gasteiger partial charge is 0.479 e. The molecule has 3 N–H and O–H groups in total. The lowest BCUT2D eigenvalue weighted by Crippen LogP contribution is -2.42. The van der Waals surface area contributed by atoms with Gasteiger partial charge in [-0.05, 0) is 0 Å². The molecule has 1 atom stereocenters. The van der Waals surface area contributed by atoms with Gasteiger partial charge in [-0.1, -0.05) is 0 Å². The van der Waals surface area contributed by atoms with Crippen molar-refractivity contribution in [2.24, 2.45) is 7.05 Å². The second kappa shape index (κ2) is 6.01. The fourth-order valence-electron chi connectivity index (χ4n) is 1.31. The standard InChI is InChI=1S/C10H16N4O4/c1-13(5-7-3-12-14(2)6-7)10(18)11-4-8(15)9(16)17/h3,6,8,15H,4-5H2,1-2H3,(H,11,18)(H,16,17)/t8-/m0/s1. The lowest BCUT2D eigenvalue weighted by atomic mass is 10.3. The van der Waals surface area contributed by atoms with E-state index >= 15 is 0 Å². The molecule has 100 valence electrons. The Morgan fingerprint density at radius 3 is 2.78 bits per heavy atom. The van der Waals surface area contributed by atoms with Crippen molar-refractivity contribution >= 4 is 12.0 Å². The number of aryl methyl sites for hydroxylation is 1. The van der Waals surface area contributed by atoms with Crippen LogP contribution in [-0.2, 0) is 18.4 Å². The van der Waals surface area contributed by atoms with E-state index < -0.39 is 18.1 Å². The van der Waals surface area contributed by atoms with Gasteiger partial charge in [0.2, 0.25) is 0 Å². The predicted molar refractivity (Wildman–Crippen MR) is 61.7 cm³/mol. The normalized spacial score (nSPS) is 11.9. The lowest BCUT2D eigenvalue weighted by Gasteiger charge is -2.17. The molecule has 0 spiro atoms. The van der Waals surface area contributed by atoms with Crippen LogP contribution in [0.2, 0.25) is 0 Å². The van der Waals surface area contributed by atoms with Crippen LogP contribution in [0.1, 0.15) is 5.56 Å². The summed E-state index contributed by atoms with van der Waals surface area (Å²) in [6.45, 7) is 0.0222. The van der Waals surface area contributed by atoms with Crippen LogP contribution in [0.4, 0.5) is 4.79 Å². The second-order valence-electron chi connectivity index (χ2n) is 3.92. The topological polar surface area (TPSA) is 108 Å². The maximum atomic E-state index is 11.6. The Morgan fingerprint density at radius 2 is 2.28 bits per heavy atom. The van der Waals surface area contributed by atoms with Gasteiger partial charge in [0.05, 0.1) is 19.3 Å². The summed E-state index contributed by atoms with van der Waals surface area (Å²) in [6, 6.07) is -0.459. The van der Waals surface area contributed by atoms with Gasteiger partial charge in [0.1, 0.15) is 0 Å². The summed E-state index contributed by atoms with van der Waals surface area (Å²) in [5.74, 6) is -1.37. The van der Waals surface area contributed by atoms with Crippen LogP contribution < -0.4 is 5.32 Å². The first-order valence-electron chi connectivity index (χ1n) is 5.27. The summed E-state index contributed by atoms with van der Waals surface area (Å²) >= 11 is 0. The van der Waals surface area contributed by atoms with Crippen LogP contribution in [-0.4, -0.2) is 56.6 Å². The molecular formula is C10H16N4O4. The molecule has 0 aliphatic rings. The molecule has 0 aliphatic heterocycles. The molecule has 0 bridgehead atoms. The highest BCUT2D eigenvalue weighted by atomic mass is 16.4. The Kier molecular flexibility index (Phi) is 4.67. The molecule has 1 rings (SSSR count). The molecule has 0 saturated carbocycles. The molecule has 2 amide bonds. The number of carboxylic acids is 1. The molecule has 8 heteroatoms. The molecule has 1 heterocycles. The van der Waals surface area contributed by atoms with Crippen molar-refractivity contribution in [1.82, 2.24) is 20.0 Å². The van der Waals surface area contributed by atoms with Gasteiger partial charge in [0.15, 0.2) is 6.10 Å². The molecule has 0 unspecified atom stereocenters. The SMILES string of the molecule is CN(Cc1cnn(C)c1)C(=O)NC[C@H](O)C(=O)O. The first-order valence-corrected chi connectivity index (χ1v) is 5.27. The smallest absolute Gasteiger partial charge is 0.334 e. The Bertz CT molecular complexity index is 431. The number of nitrogens with one attached hydrogen (secondary N) is 1. The van der Waals surface area contributed by atoms with Gasteiger partial charge in [0.25, 0.3) is 0 Å². The van der Waals surface area contributed by atoms with Crippen molar-refractivity contribution < 1.29 is 19.8 Å². The summed E-state index contributed by atoms with van der Waals surface area (Å²) in [4.78, 5) is 23.3. The van der Waals surface area contributed by atoms with E-state index in [0.29, 0.717) is 6.54 Å². The number of urea groups is 1. The zero-order chi connectivity index (χ0) is 13.7. The quantitative estimate of drug-likeness (QED) is 0.626. The van der Waals surface area contributed by atoms with Crippen molar-refractivity contribution in [3.05, 3.63) is 18.0 Å². The Hall–Kier alpha value is -2.09. The van der Waals surface area contributed by atoms with Crippen molar-refractivity contribution in [2.75, 3.05) is 13.6 Å². The van der Waals surface area contributed by atoms with Crippen LogP contribution >= 0.6 is 0 Å². The van der Waals surface area contributed by atoms with Crippen LogP contribution in [0, 0.1) is 0 Å². The van der Waals surface area contributed by atoms with Crippen LogP contribution in [0.15, 0.2) is 12.4 Å². The van der Waals surface area contributed by atoms with Crippen LogP contribution in [0.3, 0.4) is 0 Å². The molecule has 0 fully saturated rings. The fraction of sp³-hybridized carbons (Fsp3) is 0.500. The van der Waals surface area contributed by atoms with Gasteiger partial charge in [0, 0.05) is 25.9 Å². The maximum Gasteiger partial charge on any atom is 0.334 e. The minimum atomic E-state index is -1.60. The molecule has 8 nitrogen and oxygen atoms in total. The van der Waals surface area contributed by atoms with E-state index in [2.05, 4.69) is 10.4 Å². The van der Waals surface area contributed by atoms with Crippen molar-refractivity contribution in [3.63, 3.8) is 0 Å². The Balaban J connectivity index is 2.39. The van der Waals surface area contributed by atoms with Gasteiger partial charge in [-0.15, -0.1) is 0 Å². The van der Waals surface area contributed by atoms with E-state index in [-0.39, 0.29) is 6.54 Å². The number of aliphatic carboxylic acids is 1. The number of nitrogens with zero attached hydrogens (tertiary/aromatic N) is 3. The van der Waals surface area contributed by atoms with E-state index in [9.17, 15) is 9.59 Å². The number of aliphatic hydroxyl groups is 1. The monoisotopic (exact) mass is 256 g/mol. The molecule has 0 aliphatic carbocycles. The number of aliphatic hydroxyl groups excluding tert-OH is 1. The summed E-state index contributed by atoms with van der Waals surface area (Å²) in [6.07, 6.45) is 1.81. The summed E-state index contributed by atoms with van der Waals surface area (Å²) in [5, 5.41) is 23.7. The maximum absolute atomic E-state index is 11.6. The summed E-state index contributed by atoms with van der Waals surface area (Å²) < 4.78 is 1.62. The summed E-state index contributed by atoms with van der Waals surface area (Å²) in [5.41, 5.74) is 0.855. The van der Waals surface area contributed by atoms with E-state index in [0.717, 1.165) is 5.56 Å². The third kappa shape index (κ3) is 4.06. The zero-order valence-corrected chi connectivity index (χ0v) is 10.2. The van der Waals surface area contributed by atoms with E-state index in [1.165, 1.54) is 4.90 Å². The van der Waals surface area contributed by atoms with Gasteiger partial charge in [-0.3, -0.25) is 4.68 Å². The minimum Gasteiger partial charge on any atom is -0.479 e. The minimum absolute atomic E-state index is 0.328. The number of amides is 2. The molecular weight excluding hydrogens is 240 g/mol. The van der Waals surface area contributed by atoms with Crippen LogP contribution in [0.25, 0.3) is 0 Å². The number of carbonyl (C=O) groups excluding carboxylic acids is 1. The number of hydrogen-bond donors (Lipinski definition) is 3. The number of carbonyl (C=O) groups is 2. The Morgan fingerprint density at radius 1 is 1.61 bits per heavy atom.